The van der Waals surface area contributed by atoms with Crippen LogP contribution in [0.1, 0.15) is 13.8 Å². The SMILES string of the molecule is CC1NCCN(C(=O)COc2ccc(F)c(Cl)c2)C1C. The molecule has 6 heteroatoms. The smallest absolute Gasteiger partial charge is 0.260 e. The maximum atomic E-state index is 13.0. The Hall–Kier alpha value is -1.33. The predicted octanol–water partition coefficient (Wildman–Crippen LogP) is 2.07. The fourth-order valence-corrected chi connectivity index (χ4v) is 2.37. The molecule has 2 unspecified atom stereocenters. The molecule has 1 aromatic rings. The number of halogens is 2. The zero-order valence-corrected chi connectivity index (χ0v) is 12.3. The highest BCUT2D eigenvalue weighted by Crippen LogP contribution is 2.21. The summed E-state index contributed by atoms with van der Waals surface area (Å²) in [7, 11) is 0. The number of hydrogen-bond donors (Lipinski definition) is 1. The van der Waals surface area contributed by atoms with Crippen LogP contribution >= 0.6 is 11.6 Å². The number of benzene rings is 1. The van der Waals surface area contributed by atoms with E-state index in [1.807, 2.05) is 13.8 Å². The second-order valence-electron chi connectivity index (χ2n) is 4.94. The third kappa shape index (κ3) is 3.41. The second-order valence-corrected chi connectivity index (χ2v) is 5.34. The minimum atomic E-state index is -0.505. The molecule has 1 N–H and O–H groups in total. The Kier molecular flexibility index (Phi) is 4.83. The molecule has 1 heterocycles. The summed E-state index contributed by atoms with van der Waals surface area (Å²) in [6.45, 7) is 5.42. The Labute approximate surface area is 122 Å². The van der Waals surface area contributed by atoms with Crippen LogP contribution in [0, 0.1) is 5.82 Å². The van der Waals surface area contributed by atoms with E-state index in [-0.39, 0.29) is 29.6 Å². The summed E-state index contributed by atoms with van der Waals surface area (Å²) in [6.07, 6.45) is 0. The van der Waals surface area contributed by atoms with E-state index in [2.05, 4.69) is 5.32 Å². The van der Waals surface area contributed by atoms with Crippen molar-refractivity contribution in [2.75, 3.05) is 19.7 Å². The van der Waals surface area contributed by atoms with E-state index in [9.17, 15) is 9.18 Å². The lowest BCUT2D eigenvalue weighted by molar-refractivity contribution is -0.137. The lowest BCUT2D eigenvalue weighted by Crippen LogP contribution is -2.58. The van der Waals surface area contributed by atoms with Gasteiger partial charge in [0, 0.05) is 31.2 Å². The van der Waals surface area contributed by atoms with E-state index < -0.39 is 5.82 Å². The molecule has 1 fully saturated rings. The van der Waals surface area contributed by atoms with Gasteiger partial charge in [0.2, 0.25) is 0 Å². The molecule has 0 radical (unpaired) electrons. The molecule has 1 aliphatic heterocycles. The average molecular weight is 301 g/mol. The minimum absolute atomic E-state index is 0.0147. The Morgan fingerprint density at radius 2 is 2.30 bits per heavy atom. The van der Waals surface area contributed by atoms with Gasteiger partial charge in [0.25, 0.3) is 5.91 Å². The van der Waals surface area contributed by atoms with Gasteiger partial charge in [-0.1, -0.05) is 11.6 Å². The van der Waals surface area contributed by atoms with Gasteiger partial charge in [0.15, 0.2) is 6.61 Å². The van der Waals surface area contributed by atoms with Gasteiger partial charge >= 0.3 is 0 Å². The average Bonchev–Trinajstić information content (AvgIpc) is 2.43. The van der Waals surface area contributed by atoms with E-state index >= 15 is 0 Å². The molecule has 1 aliphatic rings. The topological polar surface area (TPSA) is 41.6 Å². The van der Waals surface area contributed by atoms with Crippen LogP contribution in [-0.2, 0) is 4.79 Å². The van der Waals surface area contributed by atoms with Crippen LogP contribution in [0.5, 0.6) is 5.75 Å². The highest BCUT2D eigenvalue weighted by atomic mass is 35.5. The van der Waals surface area contributed by atoms with Crippen LogP contribution in [0.15, 0.2) is 18.2 Å². The number of rotatable bonds is 3. The van der Waals surface area contributed by atoms with E-state index in [1.165, 1.54) is 18.2 Å². The molecule has 1 amide bonds. The number of carbonyl (C=O) groups is 1. The van der Waals surface area contributed by atoms with Crippen molar-refractivity contribution in [1.29, 1.82) is 0 Å². The Bertz CT molecular complexity index is 498. The first-order chi connectivity index (χ1) is 9.49. The van der Waals surface area contributed by atoms with Crippen molar-refractivity contribution in [3.8, 4) is 5.75 Å². The molecular formula is C14H18ClFN2O2. The molecule has 1 aromatic carbocycles. The lowest BCUT2D eigenvalue weighted by Gasteiger charge is -2.38. The summed E-state index contributed by atoms with van der Waals surface area (Å²) in [5.41, 5.74) is 0. The number of hydrogen-bond acceptors (Lipinski definition) is 3. The van der Waals surface area contributed by atoms with Gasteiger partial charge in [-0.05, 0) is 26.0 Å². The van der Waals surface area contributed by atoms with Crippen LogP contribution in [0.4, 0.5) is 4.39 Å². The summed E-state index contributed by atoms with van der Waals surface area (Å²) < 4.78 is 18.4. The van der Waals surface area contributed by atoms with Crippen molar-refractivity contribution in [2.24, 2.45) is 0 Å². The maximum Gasteiger partial charge on any atom is 0.260 e. The van der Waals surface area contributed by atoms with E-state index in [0.29, 0.717) is 12.3 Å². The molecule has 0 aromatic heterocycles. The Morgan fingerprint density at radius 1 is 1.55 bits per heavy atom. The van der Waals surface area contributed by atoms with Crippen molar-refractivity contribution < 1.29 is 13.9 Å². The molecular weight excluding hydrogens is 283 g/mol. The van der Waals surface area contributed by atoms with Gasteiger partial charge in [0.1, 0.15) is 11.6 Å². The molecule has 0 aliphatic carbocycles. The first kappa shape index (κ1) is 15.1. The van der Waals surface area contributed by atoms with Crippen molar-refractivity contribution in [3.63, 3.8) is 0 Å². The second kappa shape index (κ2) is 6.41. The summed E-state index contributed by atoms with van der Waals surface area (Å²) in [4.78, 5) is 13.9. The van der Waals surface area contributed by atoms with Gasteiger partial charge in [-0.15, -0.1) is 0 Å². The third-order valence-electron chi connectivity index (χ3n) is 3.61. The van der Waals surface area contributed by atoms with Crippen molar-refractivity contribution >= 4 is 17.5 Å². The Morgan fingerprint density at radius 3 is 3.00 bits per heavy atom. The monoisotopic (exact) mass is 300 g/mol. The normalized spacial score (nSPS) is 22.7. The number of piperazine rings is 1. The van der Waals surface area contributed by atoms with Crippen molar-refractivity contribution in [2.45, 2.75) is 25.9 Å². The van der Waals surface area contributed by atoms with Gasteiger partial charge in [-0.2, -0.15) is 0 Å². The van der Waals surface area contributed by atoms with Gasteiger partial charge in [0.05, 0.1) is 5.02 Å². The zero-order valence-electron chi connectivity index (χ0n) is 11.5. The van der Waals surface area contributed by atoms with Crippen molar-refractivity contribution in [1.82, 2.24) is 10.2 Å². The summed E-state index contributed by atoms with van der Waals surface area (Å²) in [6, 6.07) is 4.42. The van der Waals surface area contributed by atoms with Gasteiger partial charge in [-0.25, -0.2) is 4.39 Å². The molecule has 20 heavy (non-hydrogen) atoms. The standard InChI is InChI=1S/C14H18ClFN2O2/c1-9-10(2)18(6-5-17-9)14(19)8-20-11-3-4-13(16)12(15)7-11/h3-4,7,9-10,17H,5-6,8H2,1-2H3. The highest BCUT2D eigenvalue weighted by molar-refractivity contribution is 6.30. The molecule has 0 bridgehead atoms. The molecule has 0 spiro atoms. The van der Waals surface area contributed by atoms with E-state index in [0.717, 1.165) is 6.54 Å². The molecule has 2 rings (SSSR count). The number of nitrogens with zero attached hydrogens (tertiary/aromatic N) is 1. The fourth-order valence-electron chi connectivity index (χ4n) is 2.20. The van der Waals surface area contributed by atoms with Crippen LogP contribution in [0.25, 0.3) is 0 Å². The van der Waals surface area contributed by atoms with E-state index in [4.69, 9.17) is 16.3 Å². The first-order valence-electron chi connectivity index (χ1n) is 6.59. The molecule has 4 nitrogen and oxygen atoms in total. The number of nitrogens with one attached hydrogen (secondary N) is 1. The largest absolute Gasteiger partial charge is 0.484 e. The number of ether oxygens (including phenoxy) is 1. The lowest BCUT2D eigenvalue weighted by atomic mass is 10.1. The summed E-state index contributed by atoms with van der Waals surface area (Å²) in [5.74, 6) is -0.193. The third-order valence-corrected chi connectivity index (χ3v) is 3.90. The number of amides is 1. The molecule has 110 valence electrons. The quantitative estimate of drug-likeness (QED) is 0.929. The first-order valence-corrected chi connectivity index (χ1v) is 6.97. The number of carbonyl (C=O) groups excluding carboxylic acids is 1. The fraction of sp³-hybridized carbons (Fsp3) is 0.500. The van der Waals surface area contributed by atoms with Gasteiger partial charge < -0.3 is 15.0 Å². The highest BCUT2D eigenvalue weighted by Gasteiger charge is 2.28. The van der Waals surface area contributed by atoms with Crippen molar-refractivity contribution in [3.05, 3.63) is 29.0 Å². The predicted molar refractivity (Wildman–Crippen MR) is 75.5 cm³/mol. The summed E-state index contributed by atoms with van der Waals surface area (Å²) in [5, 5.41) is 3.30. The van der Waals surface area contributed by atoms with E-state index in [1.54, 1.807) is 4.90 Å². The maximum absolute atomic E-state index is 13.0. The van der Waals surface area contributed by atoms with Crippen LogP contribution < -0.4 is 10.1 Å². The summed E-state index contributed by atoms with van der Waals surface area (Å²) >= 11 is 5.66. The molecule has 0 saturated carbocycles. The van der Waals surface area contributed by atoms with Crippen LogP contribution in [0.3, 0.4) is 0 Å². The molecule has 2 atom stereocenters. The van der Waals surface area contributed by atoms with Crippen LogP contribution in [-0.4, -0.2) is 42.6 Å². The zero-order chi connectivity index (χ0) is 14.7. The van der Waals surface area contributed by atoms with Crippen LogP contribution in [0.2, 0.25) is 5.02 Å². The van der Waals surface area contributed by atoms with Gasteiger partial charge in [-0.3, -0.25) is 4.79 Å². The molecule has 1 saturated heterocycles. The minimum Gasteiger partial charge on any atom is -0.484 e. The Balaban J connectivity index is 1.93.